The smallest absolute Gasteiger partial charge is 0.251 e. The number of benzene rings is 1. The van der Waals surface area contributed by atoms with Gasteiger partial charge >= 0.3 is 0 Å². The van der Waals surface area contributed by atoms with Crippen molar-refractivity contribution in [3.8, 4) is 0 Å². The molecule has 1 heterocycles. The molecule has 110 valence electrons. The first-order valence-electron chi connectivity index (χ1n) is 7.47. The van der Waals surface area contributed by atoms with Crippen LogP contribution in [0.2, 0.25) is 0 Å². The van der Waals surface area contributed by atoms with Crippen LogP contribution in [-0.2, 0) is 26.3 Å². The van der Waals surface area contributed by atoms with Crippen molar-refractivity contribution in [1.29, 1.82) is 0 Å². The fourth-order valence-electron chi connectivity index (χ4n) is 2.80. The van der Waals surface area contributed by atoms with E-state index in [0.717, 1.165) is 24.2 Å². The van der Waals surface area contributed by atoms with Crippen LogP contribution >= 0.6 is 0 Å². The van der Waals surface area contributed by atoms with Gasteiger partial charge in [-0.3, -0.25) is 4.79 Å². The van der Waals surface area contributed by atoms with E-state index >= 15 is 0 Å². The predicted molar refractivity (Wildman–Crippen MR) is 80.1 cm³/mol. The minimum atomic E-state index is -0.00876. The van der Waals surface area contributed by atoms with E-state index < -0.39 is 0 Å². The normalized spacial score (nSPS) is 13.8. The maximum atomic E-state index is 12.2. The summed E-state index contributed by atoms with van der Waals surface area (Å²) in [5.74, 6) is 0.867. The summed E-state index contributed by atoms with van der Waals surface area (Å²) in [5.41, 5.74) is 3.49. The summed E-state index contributed by atoms with van der Waals surface area (Å²) >= 11 is 0. The molecule has 0 fully saturated rings. The topological polar surface area (TPSA) is 59.8 Å². The Morgan fingerprint density at radius 2 is 2.10 bits per heavy atom. The van der Waals surface area contributed by atoms with Gasteiger partial charge in [-0.2, -0.15) is 0 Å². The van der Waals surface area contributed by atoms with E-state index in [-0.39, 0.29) is 5.91 Å². The minimum absolute atomic E-state index is 0.00876. The Balaban J connectivity index is 1.59. The molecule has 0 radical (unpaired) electrons. The van der Waals surface area contributed by atoms with Gasteiger partial charge in [-0.05, 0) is 48.9 Å². The molecule has 1 aliphatic rings. The second kappa shape index (κ2) is 6.08. The average Bonchev–Trinajstić information content (AvgIpc) is 2.92. The number of aryl methyl sites for hydroxylation is 3. The number of fused-ring (bicyclic) bond motifs is 1. The summed E-state index contributed by atoms with van der Waals surface area (Å²) in [6.45, 7) is 0.572. The summed E-state index contributed by atoms with van der Waals surface area (Å²) in [6.07, 6.45) is 7.08. The molecular weight excluding hydrogens is 264 g/mol. The van der Waals surface area contributed by atoms with Crippen molar-refractivity contribution in [2.24, 2.45) is 7.05 Å². The van der Waals surface area contributed by atoms with Crippen molar-refractivity contribution in [1.82, 2.24) is 20.1 Å². The van der Waals surface area contributed by atoms with Crippen LogP contribution in [0.3, 0.4) is 0 Å². The summed E-state index contributed by atoms with van der Waals surface area (Å²) in [6, 6.07) is 6.08. The van der Waals surface area contributed by atoms with Gasteiger partial charge in [-0.1, -0.05) is 6.07 Å². The van der Waals surface area contributed by atoms with Crippen LogP contribution in [0.15, 0.2) is 24.5 Å². The predicted octanol–water partition coefficient (Wildman–Crippen LogP) is 1.67. The number of hydrogen-bond donors (Lipinski definition) is 1. The summed E-state index contributed by atoms with van der Waals surface area (Å²) in [4.78, 5) is 12.2. The first-order chi connectivity index (χ1) is 10.2. The quantitative estimate of drug-likeness (QED) is 0.929. The van der Waals surface area contributed by atoms with Crippen molar-refractivity contribution in [3.05, 3.63) is 47.0 Å². The lowest BCUT2D eigenvalue weighted by Crippen LogP contribution is -2.26. The Kier molecular flexibility index (Phi) is 3.99. The number of nitrogens with one attached hydrogen (secondary N) is 1. The molecule has 1 aromatic heterocycles. The zero-order chi connectivity index (χ0) is 14.7. The molecule has 0 unspecified atom stereocenters. The van der Waals surface area contributed by atoms with Crippen molar-refractivity contribution >= 4 is 5.91 Å². The fraction of sp³-hybridized carbons (Fsp3) is 0.438. The van der Waals surface area contributed by atoms with Gasteiger partial charge in [-0.25, -0.2) is 0 Å². The molecule has 1 N–H and O–H groups in total. The number of nitrogens with zero attached hydrogens (tertiary/aromatic N) is 3. The Morgan fingerprint density at radius 3 is 2.86 bits per heavy atom. The largest absolute Gasteiger partial charge is 0.352 e. The van der Waals surface area contributed by atoms with Crippen LogP contribution < -0.4 is 5.32 Å². The van der Waals surface area contributed by atoms with Crippen LogP contribution in [0.1, 0.15) is 40.2 Å². The highest BCUT2D eigenvalue weighted by Crippen LogP contribution is 2.22. The summed E-state index contributed by atoms with van der Waals surface area (Å²) in [5, 5.41) is 10.8. The maximum absolute atomic E-state index is 12.2. The molecular formula is C16H20N4O. The van der Waals surface area contributed by atoms with Crippen LogP contribution in [0.5, 0.6) is 0 Å². The maximum Gasteiger partial charge on any atom is 0.251 e. The molecule has 21 heavy (non-hydrogen) atoms. The third-order valence-electron chi connectivity index (χ3n) is 4.05. The summed E-state index contributed by atoms with van der Waals surface area (Å²) in [7, 11) is 1.90. The van der Waals surface area contributed by atoms with Gasteiger partial charge in [0.15, 0.2) is 0 Å². The van der Waals surface area contributed by atoms with Crippen LogP contribution in [-0.4, -0.2) is 27.2 Å². The average molecular weight is 284 g/mol. The second-order valence-electron chi connectivity index (χ2n) is 5.55. The lowest BCUT2D eigenvalue weighted by atomic mass is 9.90. The third-order valence-corrected chi connectivity index (χ3v) is 4.05. The molecule has 0 saturated carbocycles. The van der Waals surface area contributed by atoms with Crippen molar-refractivity contribution in [3.63, 3.8) is 0 Å². The summed E-state index contributed by atoms with van der Waals surface area (Å²) < 4.78 is 1.87. The number of hydrogen-bond acceptors (Lipinski definition) is 3. The molecule has 0 atom stereocenters. The highest BCUT2D eigenvalue weighted by atomic mass is 16.1. The van der Waals surface area contributed by atoms with Crippen LogP contribution in [0.4, 0.5) is 0 Å². The number of carbonyl (C=O) groups is 1. The first-order valence-corrected chi connectivity index (χ1v) is 7.47. The number of aromatic nitrogens is 3. The van der Waals surface area contributed by atoms with Gasteiger partial charge in [0, 0.05) is 25.6 Å². The molecule has 0 spiro atoms. The van der Waals surface area contributed by atoms with E-state index in [4.69, 9.17) is 0 Å². The zero-order valence-corrected chi connectivity index (χ0v) is 12.3. The standard InChI is InChI=1S/C16H20N4O/c1-20-11-18-19-15(20)8-9-17-16(21)14-7-6-12-4-2-3-5-13(12)10-14/h6-7,10-11H,2-5,8-9H2,1H3,(H,17,21). The van der Waals surface area contributed by atoms with Gasteiger partial charge < -0.3 is 9.88 Å². The van der Waals surface area contributed by atoms with E-state index in [1.54, 1.807) is 6.33 Å². The number of rotatable bonds is 4. The molecule has 1 amide bonds. The van der Waals surface area contributed by atoms with Crippen molar-refractivity contribution in [2.75, 3.05) is 6.54 Å². The SMILES string of the molecule is Cn1cnnc1CCNC(=O)c1ccc2c(c1)CCCC2. The molecule has 0 saturated heterocycles. The van der Waals surface area contributed by atoms with Crippen molar-refractivity contribution < 1.29 is 4.79 Å². The van der Waals surface area contributed by atoms with E-state index in [1.807, 2.05) is 23.7 Å². The van der Waals surface area contributed by atoms with Crippen LogP contribution in [0.25, 0.3) is 0 Å². The number of carbonyl (C=O) groups excluding carboxylic acids is 1. The Labute approximate surface area is 124 Å². The Bertz CT molecular complexity index is 647. The van der Waals surface area contributed by atoms with Crippen molar-refractivity contribution in [2.45, 2.75) is 32.1 Å². The van der Waals surface area contributed by atoms with Gasteiger partial charge in [0.1, 0.15) is 12.2 Å². The third kappa shape index (κ3) is 3.12. The van der Waals surface area contributed by atoms with Gasteiger partial charge in [0.25, 0.3) is 5.91 Å². The highest BCUT2D eigenvalue weighted by Gasteiger charge is 2.12. The molecule has 2 aromatic rings. The number of amides is 1. The Morgan fingerprint density at radius 1 is 1.29 bits per heavy atom. The monoisotopic (exact) mass is 284 g/mol. The van der Waals surface area contributed by atoms with E-state index in [9.17, 15) is 4.79 Å². The van der Waals surface area contributed by atoms with E-state index in [0.29, 0.717) is 13.0 Å². The minimum Gasteiger partial charge on any atom is -0.352 e. The fourth-order valence-corrected chi connectivity index (χ4v) is 2.80. The Hall–Kier alpha value is -2.17. The van der Waals surface area contributed by atoms with Gasteiger partial charge in [0.2, 0.25) is 0 Å². The first kappa shape index (κ1) is 13.8. The lowest BCUT2D eigenvalue weighted by molar-refractivity contribution is 0.0953. The molecule has 0 aliphatic heterocycles. The zero-order valence-electron chi connectivity index (χ0n) is 12.3. The molecule has 1 aromatic carbocycles. The molecule has 5 heteroatoms. The van der Waals surface area contributed by atoms with Crippen LogP contribution in [0, 0.1) is 0 Å². The van der Waals surface area contributed by atoms with E-state index in [1.165, 1.54) is 24.0 Å². The second-order valence-corrected chi connectivity index (χ2v) is 5.55. The molecule has 1 aliphatic carbocycles. The van der Waals surface area contributed by atoms with E-state index in [2.05, 4.69) is 21.6 Å². The molecule has 0 bridgehead atoms. The van der Waals surface area contributed by atoms with Gasteiger partial charge in [-0.15, -0.1) is 10.2 Å². The molecule has 5 nitrogen and oxygen atoms in total. The molecule has 3 rings (SSSR count). The van der Waals surface area contributed by atoms with Gasteiger partial charge in [0.05, 0.1) is 0 Å². The lowest BCUT2D eigenvalue weighted by Gasteiger charge is -2.16. The highest BCUT2D eigenvalue weighted by molar-refractivity contribution is 5.94.